The highest BCUT2D eigenvalue weighted by molar-refractivity contribution is 5.86. The van der Waals surface area contributed by atoms with Crippen molar-refractivity contribution in [3.8, 4) is 22.3 Å². The van der Waals surface area contributed by atoms with Crippen LogP contribution in [0.2, 0.25) is 0 Å². The van der Waals surface area contributed by atoms with E-state index < -0.39 is 0 Å². The van der Waals surface area contributed by atoms with Gasteiger partial charge in [0.25, 0.3) is 0 Å². The van der Waals surface area contributed by atoms with Crippen LogP contribution in [0, 0.1) is 0 Å². The van der Waals surface area contributed by atoms with Crippen molar-refractivity contribution in [1.82, 2.24) is 0 Å². The second-order valence-electron chi connectivity index (χ2n) is 8.41. The summed E-state index contributed by atoms with van der Waals surface area (Å²) in [5, 5.41) is 0. The standard InChI is InChI=1S/C31H23N/c32-26-19-17-22(18-20-26)23-9-8-12-25(21-23)31(24-10-2-1-3-11-24)29-15-6-4-13-27(29)28-14-5-7-16-30(28)31/h1-21H,32H2. The number of nitrogen functional groups attached to an aromatic ring is 1. The van der Waals surface area contributed by atoms with Crippen LogP contribution in [-0.2, 0) is 5.41 Å². The van der Waals surface area contributed by atoms with Gasteiger partial charge >= 0.3 is 0 Å². The molecule has 1 heteroatoms. The third-order valence-corrected chi connectivity index (χ3v) is 6.70. The van der Waals surface area contributed by atoms with Gasteiger partial charge in [-0.25, -0.2) is 0 Å². The summed E-state index contributed by atoms with van der Waals surface area (Å²) in [5.41, 5.74) is 16.6. The summed E-state index contributed by atoms with van der Waals surface area (Å²) in [4.78, 5) is 0. The molecule has 1 nitrogen and oxygen atoms in total. The van der Waals surface area contributed by atoms with Crippen molar-refractivity contribution in [2.24, 2.45) is 0 Å². The van der Waals surface area contributed by atoms with Gasteiger partial charge in [0.2, 0.25) is 0 Å². The molecule has 1 aliphatic rings. The molecule has 1 aliphatic carbocycles. The molecule has 5 aromatic carbocycles. The molecule has 0 fully saturated rings. The van der Waals surface area contributed by atoms with E-state index >= 15 is 0 Å². The zero-order valence-corrected chi connectivity index (χ0v) is 17.7. The second-order valence-corrected chi connectivity index (χ2v) is 8.41. The molecular formula is C31H23N. The van der Waals surface area contributed by atoms with Crippen LogP contribution >= 0.6 is 0 Å². The first-order valence-corrected chi connectivity index (χ1v) is 11.0. The van der Waals surface area contributed by atoms with E-state index in [9.17, 15) is 0 Å². The Balaban J connectivity index is 1.69. The highest BCUT2D eigenvalue weighted by Gasteiger charge is 2.45. The maximum atomic E-state index is 5.94. The van der Waals surface area contributed by atoms with Crippen LogP contribution in [-0.4, -0.2) is 0 Å². The molecule has 6 rings (SSSR count). The van der Waals surface area contributed by atoms with E-state index in [0.717, 1.165) is 5.69 Å². The van der Waals surface area contributed by atoms with E-state index in [2.05, 4.69) is 115 Å². The monoisotopic (exact) mass is 409 g/mol. The fraction of sp³-hybridized carbons (Fsp3) is 0.0323. The molecule has 0 bridgehead atoms. The Morgan fingerprint density at radius 1 is 0.438 bits per heavy atom. The molecule has 0 spiro atoms. The Labute approximate surface area is 188 Å². The van der Waals surface area contributed by atoms with E-state index in [1.807, 2.05) is 12.1 Å². The molecule has 32 heavy (non-hydrogen) atoms. The highest BCUT2D eigenvalue weighted by Crippen LogP contribution is 2.56. The fourth-order valence-electron chi connectivity index (χ4n) is 5.32. The summed E-state index contributed by atoms with van der Waals surface area (Å²) in [6, 6.07) is 45.7. The van der Waals surface area contributed by atoms with Gasteiger partial charge in [-0.05, 0) is 62.7 Å². The van der Waals surface area contributed by atoms with E-state index in [0.29, 0.717) is 0 Å². The van der Waals surface area contributed by atoms with Crippen LogP contribution in [0.5, 0.6) is 0 Å². The maximum absolute atomic E-state index is 5.94. The van der Waals surface area contributed by atoms with Gasteiger partial charge in [0.15, 0.2) is 0 Å². The summed E-state index contributed by atoms with van der Waals surface area (Å²) in [6.45, 7) is 0. The molecular weight excluding hydrogens is 386 g/mol. The molecule has 0 heterocycles. The highest BCUT2D eigenvalue weighted by atomic mass is 14.5. The minimum Gasteiger partial charge on any atom is -0.399 e. The smallest absolute Gasteiger partial charge is 0.0713 e. The van der Waals surface area contributed by atoms with Crippen molar-refractivity contribution in [3.63, 3.8) is 0 Å². The molecule has 0 radical (unpaired) electrons. The number of fused-ring (bicyclic) bond motifs is 3. The lowest BCUT2D eigenvalue weighted by molar-refractivity contribution is 0.769. The Hall–Kier alpha value is -4.10. The topological polar surface area (TPSA) is 26.0 Å². The van der Waals surface area contributed by atoms with Gasteiger partial charge in [-0.3, -0.25) is 0 Å². The van der Waals surface area contributed by atoms with Crippen LogP contribution in [0.15, 0.2) is 127 Å². The van der Waals surface area contributed by atoms with E-state index in [1.165, 1.54) is 44.5 Å². The average molecular weight is 410 g/mol. The summed E-state index contributed by atoms with van der Waals surface area (Å²) in [7, 11) is 0. The van der Waals surface area contributed by atoms with E-state index in [-0.39, 0.29) is 5.41 Å². The van der Waals surface area contributed by atoms with Crippen molar-refractivity contribution >= 4 is 5.69 Å². The maximum Gasteiger partial charge on any atom is 0.0713 e. The summed E-state index contributed by atoms with van der Waals surface area (Å²) < 4.78 is 0. The lowest BCUT2D eigenvalue weighted by Crippen LogP contribution is -2.28. The predicted molar refractivity (Wildman–Crippen MR) is 134 cm³/mol. The third kappa shape index (κ3) is 2.65. The Morgan fingerprint density at radius 2 is 1.00 bits per heavy atom. The van der Waals surface area contributed by atoms with Crippen LogP contribution in [0.4, 0.5) is 5.69 Å². The van der Waals surface area contributed by atoms with E-state index in [4.69, 9.17) is 5.73 Å². The van der Waals surface area contributed by atoms with Gasteiger partial charge in [-0.15, -0.1) is 0 Å². The van der Waals surface area contributed by atoms with Crippen LogP contribution in [0.25, 0.3) is 22.3 Å². The van der Waals surface area contributed by atoms with Crippen molar-refractivity contribution < 1.29 is 0 Å². The molecule has 0 aromatic heterocycles. The number of hydrogen-bond acceptors (Lipinski definition) is 1. The molecule has 0 atom stereocenters. The van der Waals surface area contributed by atoms with Gasteiger partial charge in [0.05, 0.1) is 5.41 Å². The minimum atomic E-state index is -0.363. The molecule has 152 valence electrons. The number of nitrogens with two attached hydrogens (primary N) is 1. The second kappa shape index (κ2) is 7.25. The molecule has 0 amide bonds. The van der Waals surface area contributed by atoms with E-state index in [1.54, 1.807) is 0 Å². The number of rotatable bonds is 3. The van der Waals surface area contributed by atoms with Crippen molar-refractivity contribution in [2.75, 3.05) is 5.73 Å². The number of benzene rings is 5. The molecule has 0 unspecified atom stereocenters. The zero-order chi connectivity index (χ0) is 21.5. The summed E-state index contributed by atoms with van der Waals surface area (Å²) in [6.07, 6.45) is 0. The predicted octanol–water partition coefficient (Wildman–Crippen LogP) is 7.30. The normalized spacial score (nSPS) is 13.4. The largest absolute Gasteiger partial charge is 0.399 e. The van der Waals surface area contributed by atoms with Gasteiger partial charge in [0.1, 0.15) is 0 Å². The third-order valence-electron chi connectivity index (χ3n) is 6.70. The van der Waals surface area contributed by atoms with Crippen molar-refractivity contribution in [2.45, 2.75) is 5.41 Å². The first-order chi connectivity index (χ1) is 15.8. The molecule has 0 aliphatic heterocycles. The van der Waals surface area contributed by atoms with Crippen molar-refractivity contribution in [1.29, 1.82) is 0 Å². The fourth-order valence-corrected chi connectivity index (χ4v) is 5.32. The zero-order valence-electron chi connectivity index (χ0n) is 17.7. The van der Waals surface area contributed by atoms with Crippen LogP contribution < -0.4 is 5.73 Å². The Kier molecular flexibility index (Phi) is 4.22. The van der Waals surface area contributed by atoms with Crippen LogP contribution in [0.3, 0.4) is 0 Å². The number of anilines is 1. The molecule has 0 saturated heterocycles. The average Bonchev–Trinajstić information content (AvgIpc) is 3.17. The van der Waals surface area contributed by atoms with Gasteiger partial charge < -0.3 is 5.73 Å². The molecule has 0 saturated carbocycles. The summed E-state index contributed by atoms with van der Waals surface area (Å²) >= 11 is 0. The lowest BCUT2D eigenvalue weighted by Gasteiger charge is -2.34. The minimum absolute atomic E-state index is 0.363. The Morgan fingerprint density at radius 3 is 1.66 bits per heavy atom. The van der Waals surface area contributed by atoms with Crippen LogP contribution in [0.1, 0.15) is 22.3 Å². The first-order valence-electron chi connectivity index (χ1n) is 11.0. The quantitative estimate of drug-likeness (QED) is 0.305. The number of hydrogen-bond donors (Lipinski definition) is 1. The molecule has 5 aromatic rings. The van der Waals surface area contributed by atoms with Gasteiger partial charge in [-0.2, -0.15) is 0 Å². The van der Waals surface area contributed by atoms with Gasteiger partial charge in [0, 0.05) is 5.69 Å². The Bertz CT molecular complexity index is 1370. The van der Waals surface area contributed by atoms with Gasteiger partial charge in [-0.1, -0.05) is 109 Å². The van der Waals surface area contributed by atoms with Crippen molar-refractivity contribution in [3.05, 3.63) is 150 Å². The summed E-state index contributed by atoms with van der Waals surface area (Å²) in [5.74, 6) is 0. The first kappa shape index (κ1) is 18.7. The SMILES string of the molecule is Nc1ccc(-c2cccc(C3(c4ccccc4)c4ccccc4-c4ccccc43)c2)cc1. The molecule has 2 N–H and O–H groups in total. The lowest BCUT2D eigenvalue weighted by atomic mass is 9.67.